The Labute approximate surface area is 79.8 Å². The first-order valence-electron chi connectivity index (χ1n) is 3.90. The minimum Gasteiger partial charge on any atom is -0.465 e. The first-order chi connectivity index (χ1) is 6.45. The summed E-state index contributed by atoms with van der Waals surface area (Å²) in [4.78, 5) is 0. The van der Waals surface area contributed by atoms with Crippen LogP contribution in [-0.4, -0.2) is 0 Å². The number of ether oxygens (including phenoxy) is 1. The van der Waals surface area contributed by atoms with Crippen LogP contribution >= 0.6 is 0 Å². The summed E-state index contributed by atoms with van der Waals surface area (Å²) in [5.41, 5.74) is -0.0853. The van der Waals surface area contributed by atoms with Gasteiger partial charge in [-0.15, -0.1) is 0 Å². The molecular weight excluding hydrogens is 193 g/mol. The SMILES string of the molecule is C=COc1cc(C(F)(F)F)ccc1C. The second-order valence-corrected chi connectivity index (χ2v) is 2.76. The molecule has 0 aliphatic heterocycles. The summed E-state index contributed by atoms with van der Waals surface area (Å²) in [5.74, 6) is 0.176. The Bertz CT molecular complexity index is 342. The van der Waals surface area contributed by atoms with Crippen molar-refractivity contribution >= 4 is 0 Å². The summed E-state index contributed by atoms with van der Waals surface area (Å²) < 4.78 is 41.6. The molecule has 0 unspecified atom stereocenters. The van der Waals surface area contributed by atoms with E-state index in [1.807, 2.05) is 0 Å². The van der Waals surface area contributed by atoms with Gasteiger partial charge in [0.2, 0.25) is 0 Å². The molecule has 0 N–H and O–H groups in total. The molecule has 0 saturated carbocycles. The fourth-order valence-electron chi connectivity index (χ4n) is 0.993. The number of alkyl halides is 3. The van der Waals surface area contributed by atoms with E-state index in [1.54, 1.807) is 6.92 Å². The minimum atomic E-state index is -4.34. The predicted octanol–water partition coefficient (Wildman–Crippen LogP) is 3.54. The number of hydrogen-bond acceptors (Lipinski definition) is 1. The maximum Gasteiger partial charge on any atom is 0.416 e. The average Bonchev–Trinajstić information content (AvgIpc) is 2.07. The highest BCUT2D eigenvalue weighted by Crippen LogP contribution is 2.32. The Balaban J connectivity index is 3.12. The zero-order valence-electron chi connectivity index (χ0n) is 7.56. The van der Waals surface area contributed by atoms with Crippen LogP contribution in [0.1, 0.15) is 11.1 Å². The van der Waals surface area contributed by atoms with Crippen molar-refractivity contribution in [2.24, 2.45) is 0 Å². The fraction of sp³-hybridized carbons (Fsp3) is 0.200. The van der Waals surface area contributed by atoms with Crippen molar-refractivity contribution in [3.8, 4) is 5.75 Å². The van der Waals surface area contributed by atoms with Crippen LogP contribution in [0, 0.1) is 6.92 Å². The Hall–Kier alpha value is -1.45. The van der Waals surface area contributed by atoms with Crippen molar-refractivity contribution in [3.05, 3.63) is 42.2 Å². The summed E-state index contributed by atoms with van der Waals surface area (Å²) in [7, 11) is 0. The molecule has 0 radical (unpaired) electrons. The highest BCUT2D eigenvalue weighted by Gasteiger charge is 2.30. The molecule has 0 heterocycles. The molecule has 0 atom stereocenters. The van der Waals surface area contributed by atoms with Crippen molar-refractivity contribution in [1.82, 2.24) is 0 Å². The minimum absolute atomic E-state index is 0.176. The van der Waals surface area contributed by atoms with Gasteiger partial charge in [0.1, 0.15) is 5.75 Å². The second-order valence-electron chi connectivity index (χ2n) is 2.76. The number of hydrogen-bond donors (Lipinski definition) is 0. The summed E-state index contributed by atoms with van der Waals surface area (Å²) in [6, 6.07) is 3.34. The summed E-state index contributed by atoms with van der Waals surface area (Å²) in [6.45, 7) is 4.95. The third kappa shape index (κ3) is 2.28. The lowest BCUT2D eigenvalue weighted by Crippen LogP contribution is -2.05. The summed E-state index contributed by atoms with van der Waals surface area (Å²) in [5, 5.41) is 0. The van der Waals surface area contributed by atoms with Gasteiger partial charge >= 0.3 is 6.18 Å². The largest absolute Gasteiger partial charge is 0.465 e. The van der Waals surface area contributed by atoms with Gasteiger partial charge in [0.15, 0.2) is 0 Å². The smallest absolute Gasteiger partial charge is 0.416 e. The van der Waals surface area contributed by atoms with Gasteiger partial charge < -0.3 is 4.74 Å². The number of rotatable bonds is 2. The van der Waals surface area contributed by atoms with Crippen LogP contribution in [0.2, 0.25) is 0 Å². The lowest BCUT2D eigenvalue weighted by Gasteiger charge is -2.10. The van der Waals surface area contributed by atoms with E-state index < -0.39 is 11.7 Å². The maximum atomic E-state index is 12.3. The van der Waals surface area contributed by atoms with Crippen molar-refractivity contribution in [3.63, 3.8) is 0 Å². The van der Waals surface area contributed by atoms with Gasteiger partial charge in [-0.2, -0.15) is 13.2 Å². The quantitative estimate of drug-likeness (QED) is 0.666. The van der Waals surface area contributed by atoms with Crippen molar-refractivity contribution < 1.29 is 17.9 Å². The van der Waals surface area contributed by atoms with Crippen LogP contribution in [0.15, 0.2) is 31.0 Å². The lowest BCUT2D eigenvalue weighted by molar-refractivity contribution is -0.137. The van der Waals surface area contributed by atoms with E-state index in [4.69, 9.17) is 4.74 Å². The molecule has 0 saturated heterocycles. The molecule has 4 heteroatoms. The third-order valence-electron chi connectivity index (χ3n) is 1.73. The van der Waals surface area contributed by atoms with Gasteiger partial charge in [-0.05, 0) is 24.6 Å². The second kappa shape index (κ2) is 3.74. The van der Waals surface area contributed by atoms with Gasteiger partial charge in [0.05, 0.1) is 11.8 Å². The molecule has 0 aliphatic carbocycles. The van der Waals surface area contributed by atoms with Crippen LogP contribution < -0.4 is 4.74 Å². The molecule has 1 aromatic rings. The van der Waals surface area contributed by atoms with E-state index in [2.05, 4.69) is 6.58 Å². The van der Waals surface area contributed by atoms with E-state index in [9.17, 15) is 13.2 Å². The highest BCUT2D eigenvalue weighted by molar-refractivity contribution is 5.38. The van der Waals surface area contributed by atoms with Gasteiger partial charge in [0, 0.05) is 0 Å². The molecule has 76 valence electrons. The van der Waals surface area contributed by atoms with E-state index in [-0.39, 0.29) is 5.75 Å². The van der Waals surface area contributed by atoms with Crippen LogP contribution in [0.4, 0.5) is 13.2 Å². The molecular formula is C10H9F3O. The molecule has 0 spiro atoms. The van der Waals surface area contributed by atoms with E-state index in [0.717, 1.165) is 18.4 Å². The van der Waals surface area contributed by atoms with Crippen LogP contribution in [0.5, 0.6) is 5.75 Å². The number of aryl methyl sites for hydroxylation is 1. The standard InChI is InChI=1S/C10H9F3O/c1-3-14-9-6-8(10(11,12)13)5-4-7(9)2/h3-6H,1H2,2H3. The average molecular weight is 202 g/mol. The molecule has 14 heavy (non-hydrogen) atoms. The topological polar surface area (TPSA) is 9.23 Å². The van der Waals surface area contributed by atoms with E-state index >= 15 is 0 Å². The number of halogens is 3. The Kier molecular flexibility index (Phi) is 2.84. The molecule has 0 aliphatic rings. The monoisotopic (exact) mass is 202 g/mol. The molecule has 1 aromatic carbocycles. The van der Waals surface area contributed by atoms with E-state index in [0.29, 0.717) is 5.56 Å². The maximum absolute atomic E-state index is 12.3. The number of benzene rings is 1. The molecule has 1 rings (SSSR count). The van der Waals surface area contributed by atoms with Gasteiger partial charge in [-0.25, -0.2) is 0 Å². The van der Waals surface area contributed by atoms with Crippen molar-refractivity contribution in [2.75, 3.05) is 0 Å². The van der Waals surface area contributed by atoms with E-state index in [1.165, 1.54) is 6.07 Å². The van der Waals surface area contributed by atoms with Crippen molar-refractivity contribution in [1.29, 1.82) is 0 Å². The van der Waals surface area contributed by atoms with Gasteiger partial charge in [0.25, 0.3) is 0 Å². The Morgan fingerprint density at radius 1 is 1.36 bits per heavy atom. The molecule has 0 bridgehead atoms. The Morgan fingerprint density at radius 3 is 2.50 bits per heavy atom. The predicted molar refractivity (Wildman–Crippen MR) is 47.0 cm³/mol. The van der Waals surface area contributed by atoms with Gasteiger partial charge in [-0.1, -0.05) is 12.6 Å². The zero-order valence-corrected chi connectivity index (χ0v) is 7.56. The fourth-order valence-corrected chi connectivity index (χ4v) is 0.993. The Morgan fingerprint density at radius 2 is 2.00 bits per heavy atom. The molecule has 1 nitrogen and oxygen atoms in total. The van der Waals surface area contributed by atoms with Gasteiger partial charge in [-0.3, -0.25) is 0 Å². The summed E-state index contributed by atoms with van der Waals surface area (Å²) >= 11 is 0. The molecule has 0 amide bonds. The van der Waals surface area contributed by atoms with Crippen LogP contribution in [-0.2, 0) is 6.18 Å². The first-order valence-corrected chi connectivity index (χ1v) is 3.90. The first kappa shape index (κ1) is 10.6. The normalized spacial score (nSPS) is 11.1. The summed E-state index contributed by atoms with van der Waals surface area (Å²) in [6.07, 6.45) is -3.24. The van der Waals surface area contributed by atoms with Crippen LogP contribution in [0.25, 0.3) is 0 Å². The van der Waals surface area contributed by atoms with Crippen LogP contribution in [0.3, 0.4) is 0 Å². The van der Waals surface area contributed by atoms with Crippen molar-refractivity contribution in [2.45, 2.75) is 13.1 Å². The zero-order chi connectivity index (χ0) is 10.8. The molecule has 0 fully saturated rings. The third-order valence-corrected chi connectivity index (χ3v) is 1.73. The lowest BCUT2D eigenvalue weighted by atomic mass is 10.1. The highest BCUT2D eigenvalue weighted by atomic mass is 19.4. The molecule has 0 aromatic heterocycles.